The second-order valence-corrected chi connectivity index (χ2v) is 7.88. The summed E-state index contributed by atoms with van der Waals surface area (Å²) >= 11 is 2.62. The Morgan fingerprint density at radius 2 is 1.93 bits per heavy atom. The maximum atomic E-state index is 14.2. The van der Waals surface area contributed by atoms with Gasteiger partial charge in [-0.1, -0.05) is 24.3 Å². The Hall–Kier alpha value is -3.41. The summed E-state index contributed by atoms with van der Waals surface area (Å²) < 4.78 is 15.2. The van der Waals surface area contributed by atoms with Gasteiger partial charge in [-0.15, -0.1) is 22.7 Å². The SMILES string of the molecule is CC(=O)N(c1nc(/C=C(\C#N)c2nc3ccccc3s2)cs1)c1ccccc1F. The molecule has 29 heavy (non-hydrogen) atoms. The van der Waals surface area contributed by atoms with Gasteiger partial charge in [0, 0.05) is 12.3 Å². The van der Waals surface area contributed by atoms with Crippen LogP contribution in [0, 0.1) is 17.1 Å². The lowest BCUT2D eigenvalue weighted by molar-refractivity contribution is -0.115. The van der Waals surface area contributed by atoms with E-state index < -0.39 is 5.82 Å². The first-order valence-corrected chi connectivity index (χ1v) is 10.2. The van der Waals surface area contributed by atoms with Crippen LogP contribution in [0.4, 0.5) is 15.2 Å². The number of allylic oxidation sites excluding steroid dienone is 1. The van der Waals surface area contributed by atoms with E-state index in [1.807, 2.05) is 24.3 Å². The molecule has 4 aromatic rings. The number of hydrogen-bond acceptors (Lipinski definition) is 6. The molecule has 0 aliphatic rings. The van der Waals surface area contributed by atoms with Crippen LogP contribution < -0.4 is 4.90 Å². The highest BCUT2D eigenvalue weighted by Crippen LogP contribution is 2.32. The minimum Gasteiger partial charge on any atom is -0.274 e. The summed E-state index contributed by atoms with van der Waals surface area (Å²) in [6, 6.07) is 15.9. The second kappa shape index (κ2) is 7.91. The molecule has 5 nitrogen and oxygen atoms in total. The van der Waals surface area contributed by atoms with Crippen molar-refractivity contribution in [3.05, 3.63) is 70.4 Å². The Kier molecular flexibility index (Phi) is 5.16. The van der Waals surface area contributed by atoms with E-state index in [9.17, 15) is 14.4 Å². The summed E-state index contributed by atoms with van der Waals surface area (Å²) in [5, 5.41) is 12.2. The van der Waals surface area contributed by atoms with Gasteiger partial charge in [0.05, 0.1) is 27.2 Å². The Bertz CT molecular complexity index is 1250. The lowest BCUT2D eigenvalue weighted by Gasteiger charge is -2.18. The third kappa shape index (κ3) is 3.78. The number of hydrogen-bond donors (Lipinski definition) is 0. The van der Waals surface area contributed by atoms with Gasteiger partial charge in [0.25, 0.3) is 0 Å². The van der Waals surface area contributed by atoms with Crippen LogP contribution in [0.2, 0.25) is 0 Å². The van der Waals surface area contributed by atoms with Gasteiger partial charge in [-0.05, 0) is 30.3 Å². The van der Waals surface area contributed by atoms with E-state index in [-0.39, 0.29) is 11.6 Å². The minimum atomic E-state index is -0.512. The summed E-state index contributed by atoms with van der Waals surface area (Å²) in [6.07, 6.45) is 1.62. The highest BCUT2D eigenvalue weighted by Gasteiger charge is 2.21. The zero-order valence-electron chi connectivity index (χ0n) is 15.2. The van der Waals surface area contributed by atoms with Gasteiger partial charge in [-0.3, -0.25) is 9.69 Å². The number of rotatable bonds is 4. The third-order valence-electron chi connectivity index (χ3n) is 4.05. The summed E-state index contributed by atoms with van der Waals surface area (Å²) in [6.45, 7) is 1.35. The predicted octanol–water partition coefficient (Wildman–Crippen LogP) is 5.64. The highest BCUT2D eigenvalue weighted by atomic mass is 32.1. The van der Waals surface area contributed by atoms with Crippen LogP contribution >= 0.6 is 22.7 Å². The number of carbonyl (C=O) groups is 1. The van der Waals surface area contributed by atoms with Crippen LogP contribution in [0.5, 0.6) is 0 Å². The molecule has 4 rings (SSSR count). The molecule has 0 fully saturated rings. The topological polar surface area (TPSA) is 69.9 Å². The van der Waals surface area contributed by atoms with Gasteiger partial charge in [0.15, 0.2) is 5.13 Å². The van der Waals surface area contributed by atoms with Crippen molar-refractivity contribution in [2.24, 2.45) is 0 Å². The minimum absolute atomic E-state index is 0.136. The van der Waals surface area contributed by atoms with Gasteiger partial charge < -0.3 is 0 Å². The van der Waals surface area contributed by atoms with Gasteiger partial charge in [-0.25, -0.2) is 14.4 Å². The Morgan fingerprint density at radius 3 is 2.66 bits per heavy atom. The number of benzene rings is 2. The lowest BCUT2D eigenvalue weighted by Crippen LogP contribution is -2.23. The van der Waals surface area contributed by atoms with Crippen molar-refractivity contribution in [2.75, 3.05) is 4.90 Å². The molecule has 0 aliphatic carbocycles. The van der Waals surface area contributed by atoms with Crippen molar-refractivity contribution >= 4 is 61.3 Å². The molecule has 8 heteroatoms. The Balaban J connectivity index is 1.71. The number of para-hydroxylation sites is 2. The van der Waals surface area contributed by atoms with Crippen molar-refractivity contribution in [3.8, 4) is 6.07 Å². The van der Waals surface area contributed by atoms with E-state index in [1.165, 1.54) is 46.6 Å². The Labute approximate surface area is 174 Å². The summed E-state index contributed by atoms with van der Waals surface area (Å²) in [4.78, 5) is 22.3. The molecular formula is C21H13FN4OS2. The van der Waals surface area contributed by atoms with Gasteiger partial charge in [0.1, 0.15) is 16.9 Å². The van der Waals surface area contributed by atoms with Gasteiger partial charge in [-0.2, -0.15) is 5.26 Å². The van der Waals surface area contributed by atoms with Crippen molar-refractivity contribution in [1.29, 1.82) is 5.26 Å². The van der Waals surface area contributed by atoms with E-state index >= 15 is 0 Å². The maximum Gasteiger partial charge on any atom is 0.230 e. The van der Waals surface area contributed by atoms with Crippen molar-refractivity contribution in [1.82, 2.24) is 9.97 Å². The first kappa shape index (κ1) is 18.9. The summed E-state index contributed by atoms with van der Waals surface area (Å²) in [7, 11) is 0. The zero-order chi connectivity index (χ0) is 20.4. The quantitative estimate of drug-likeness (QED) is 0.401. The number of thiazole rings is 2. The van der Waals surface area contributed by atoms with Crippen LogP contribution in [0.3, 0.4) is 0 Å². The van der Waals surface area contributed by atoms with E-state index in [0.717, 1.165) is 10.2 Å². The number of nitriles is 1. The maximum absolute atomic E-state index is 14.2. The fourth-order valence-electron chi connectivity index (χ4n) is 2.76. The largest absolute Gasteiger partial charge is 0.274 e. The number of halogens is 1. The van der Waals surface area contributed by atoms with Gasteiger partial charge in [0.2, 0.25) is 5.91 Å². The van der Waals surface area contributed by atoms with E-state index in [0.29, 0.717) is 21.4 Å². The molecule has 0 atom stereocenters. The monoisotopic (exact) mass is 420 g/mol. The standard InChI is InChI=1S/C21H13FN4OS2/c1-13(27)26(18-8-4-2-6-16(18)22)21-24-15(12-28-21)10-14(11-23)20-25-17-7-3-5-9-19(17)29-20/h2-10,12H,1H3/b14-10+. The number of fused-ring (bicyclic) bond motifs is 1. The molecule has 142 valence electrons. The van der Waals surface area contributed by atoms with E-state index in [1.54, 1.807) is 23.6 Å². The summed E-state index contributed by atoms with van der Waals surface area (Å²) in [5.41, 5.74) is 1.85. The van der Waals surface area contributed by atoms with Crippen LogP contribution in [0.15, 0.2) is 53.9 Å². The molecule has 0 spiro atoms. The average Bonchev–Trinajstić information content (AvgIpc) is 3.34. The number of aromatic nitrogens is 2. The first-order valence-electron chi connectivity index (χ1n) is 8.55. The molecule has 0 saturated carbocycles. The van der Waals surface area contributed by atoms with Crippen LogP contribution in [-0.2, 0) is 4.79 Å². The molecule has 0 radical (unpaired) electrons. The lowest BCUT2D eigenvalue weighted by atomic mass is 10.2. The molecule has 0 bridgehead atoms. The summed E-state index contributed by atoms with van der Waals surface area (Å²) in [5.74, 6) is -0.867. The molecule has 0 saturated heterocycles. The molecule has 2 aromatic carbocycles. The molecule has 0 aliphatic heterocycles. The molecule has 2 heterocycles. The van der Waals surface area contributed by atoms with Crippen molar-refractivity contribution in [2.45, 2.75) is 6.92 Å². The fraction of sp³-hybridized carbons (Fsp3) is 0.0476. The predicted molar refractivity (Wildman–Crippen MR) is 114 cm³/mol. The van der Waals surface area contributed by atoms with Crippen LogP contribution in [-0.4, -0.2) is 15.9 Å². The highest BCUT2D eigenvalue weighted by molar-refractivity contribution is 7.19. The third-order valence-corrected chi connectivity index (χ3v) is 5.96. The average molecular weight is 420 g/mol. The van der Waals surface area contributed by atoms with E-state index in [2.05, 4.69) is 16.0 Å². The molecule has 0 unspecified atom stereocenters. The Morgan fingerprint density at radius 1 is 1.17 bits per heavy atom. The molecule has 1 amide bonds. The van der Waals surface area contributed by atoms with Crippen molar-refractivity contribution in [3.63, 3.8) is 0 Å². The van der Waals surface area contributed by atoms with E-state index in [4.69, 9.17) is 0 Å². The first-order chi connectivity index (χ1) is 14.1. The number of amides is 1. The smallest absolute Gasteiger partial charge is 0.230 e. The van der Waals surface area contributed by atoms with Crippen LogP contribution in [0.25, 0.3) is 21.9 Å². The van der Waals surface area contributed by atoms with Crippen LogP contribution in [0.1, 0.15) is 17.6 Å². The second-order valence-electron chi connectivity index (χ2n) is 6.02. The molecule has 0 N–H and O–H groups in total. The number of carbonyl (C=O) groups excluding carboxylic acids is 1. The number of nitrogens with zero attached hydrogens (tertiary/aromatic N) is 4. The van der Waals surface area contributed by atoms with Crippen molar-refractivity contribution < 1.29 is 9.18 Å². The normalized spacial score (nSPS) is 11.4. The molecule has 2 aromatic heterocycles. The zero-order valence-corrected chi connectivity index (χ0v) is 16.8. The fourth-order valence-corrected chi connectivity index (χ4v) is 4.53. The number of anilines is 2. The molecular weight excluding hydrogens is 407 g/mol. The van der Waals surface area contributed by atoms with Gasteiger partial charge >= 0.3 is 0 Å².